The van der Waals surface area contributed by atoms with Crippen LogP contribution in [-0.4, -0.2) is 22.7 Å². The van der Waals surface area contributed by atoms with Gasteiger partial charge in [0, 0.05) is 12.6 Å². The summed E-state index contributed by atoms with van der Waals surface area (Å²) in [6, 6.07) is 0.447. The van der Waals surface area contributed by atoms with E-state index in [1.807, 2.05) is 0 Å². The second kappa shape index (κ2) is 6.36. The van der Waals surface area contributed by atoms with Gasteiger partial charge in [-0.05, 0) is 33.1 Å². The van der Waals surface area contributed by atoms with Crippen molar-refractivity contribution < 1.29 is 5.11 Å². The van der Waals surface area contributed by atoms with E-state index in [-0.39, 0.29) is 6.61 Å². The normalized spacial score (nSPS) is 13.1. The first-order valence-electron chi connectivity index (χ1n) is 6.42. The lowest BCUT2D eigenvalue weighted by Crippen LogP contribution is -2.30. The smallest absolute Gasteiger partial charge is 0.186 e. The second-order valence-corrected chi connectivity index (χ2v) is 5.71. The first-order valence-corrected chi connectivity index (χ1v) is 7.23. The van der Waals surface area contributed by atoms with Gasteiger partial charge in [-0.2, -0.15) is 0 Å². The molecular formula is C13H24N2OS. The highest BCUT2D eigenvalue weighted by atomic mass is 32.1. The van der Waals surface area contributed by atoms with Crippen molar-refractivity contribution in [3.8, 4) is 0 Å². The zero-order valence-corrected chi connectivity index (χ0v) is 12.3. The molecule has 0 amide bonds. The van der Waals surface area contributed by atoms with Crippen LogP contribution in [0.15, 0.2) is 0 Å². The predicted molar refractivity (Wildman–Crippen MR) is 74.9 cm³/mol. The molecule has 0 aliphatic carbocycles. The topological polar surface area (TPSA) is 36.4 Å². The van der Waals surface area contributed by atoms with E-state index in [0.717, 1.165) is 28.7 Å². The second-order valence-electron chi connectivity index (χ2n) is 4.65. The van der Waals surface area contributed by atoms with Crippen molar-refractivity contribution in [3.63, 3.8) is 0 Å². The van der Waals surface area contributed by atoms with Crippen LogP contribution >= 0.6 is 11.3 Å². The van der Waals surface area contributed by atoms with E-state index in [0.29, 0.717) is 12.0 Å². The van der Waals surface area contributed by atoms with Gasteiger partial charge in [-0.1, -0.05) is 25.2 Å². The van der Waals surface area contributed by atoms with E-state index < -0.39 is 0 Å². The fourth-order valence-corrected chi connectivity index (χ4v) is 3.12. The van der Waals surface area contributed by atoms with Crippen LogP contribution in [0, 0.1) is 0 Å². The molecule has 0 aromatic carbocycles. The molecule has 0 saturated heterocycles. The van der Waals surface area contributed by atoms with Gasteiger partial charge in [0.2, 0.25) is 0 Å². The number of hydrogen-bond donors (Lipinski definition) is 1. The Balaban J connectivity index is 3.06. The third kappa shape index (κ3) is 3.19. The number of aliphatic hydroxyl groups is 1. The monoisotopic (exact) mass is 256 g/mol. The molecule has 1 heterocycles. The SMILES string of the molecule is CCC(C)c1nc(N(CC)C(C)C)sc1CO. The van der Waals surface area contributed by atoms with Gasteiger partial charge in [0.15, 0.2) is 5.13 Å². The number of rotatable bonds is 6. The minimum absolute atomic E-state index is 0.104. The molecule has 0 fully saturated rings. The van der Waals surface area contributed by atoms with Crippen LogP contribution in [0.1, 0.15) is 57.5 Å². The van der Waals surface area contributed by atoms with Crippen LogP contribution in [0.4, 0.5) is 5.13 Å². The molecule has 4 heteroatoms. The minimum atomic E-state index is 0.104. The lowest BCUT2D eigenvalue weighted by molar-refractivity contribution is 0.283. The summed E-state index contributed by atoms with van der Waals surface area (Å²) in [5, 5.41) is 10.5. The van der Waals surface area contributed by atoms with Gasteiger partial charge in [-0.25, -0.2) is 4.98 Å². The molecule has 0 aliphatic rings. The van der Waals surface area contributed by atoms with Crippen molar-refractivity contribution in [1.82, 2.24) is 4.98 Å². The maximum atomic E-state index is 9.42. The fraction of sp³-hybridized carbons (Fsp3) is 0.769. The van der Waals surface area contributed by atoms with Crippen LogP contribution in [0.5, 0.6) is 0 Å². The van der Waals surface area contributed by atoms with Gasteiger partial charge < -0.3 is 10.0 Å². The van der Waals surface area contributed by atoms with Crippen LogP contribution in [0.25, 0.3) is 0 Å². The Morgan fingerprint density at radius 1 is 1.29 bits per heavy atom. The summed E-state index contributed by atoms with van der Waals surface area (Å²) in [4.78, 5) is 8.02. The molecule has 1 aromatic rings. The van der Waals surface area contributed by atoms with Crippen molar-refractivity contribution >= 4 is 16.5 Å². The van der Waals surface area contributed by atoms with Crippen LogP contribution in [0.2, 0.25) is 0 Å². The maximum Gasteiger partial charge on any atom is 0.186 e. The number of aliphatic hydroxyl groups excluding tert-OH is 1. The zero-order chi connectivity index (χ0) is 13.0. The van der Waals surface area contributed by atoms with Crippen LogP contribution in [-0.2, 0) is 6.61 Å². The molecule has 1 aromatic heterocycles. The maximum absolute atomic E-state index is 9.42. The largest absolute Gasteiger partial charge is 0.391 e. The summed E-state index contributed by atoms with van der Waals surface area (Å²) in [5.41, 5.74) is 1.08. The Bertz CT molecular complexity index is 349. The Morgan fingerprint density at radius 3 is 2.35 bits per heavy atom. The van der Waals surface area contributed by atoms with Gasteiger partial charge in [-0.3, -0.25) is 0 Å². The van der Waals surface area contributed by atoms with E-state index in [9.17, 15) is 5.11 Å². The quantitative estimate of drug-likeness (QED) is 0.847. The summed E-state index contributed by atoms with van der Waals surface area (Å²) in [5.74, 6) is 0.424. The summed E-state index contributed by atoms with van der Waals surface area (Å²) in [7, 11) is 0. The van der Waals surface area contributed by atoms with Gasteiger partial charge in [0.05, 0.1) is 17.2 Å². The molecule has 0 spiro atoms. The van der Waals surface area contributed by atoms with Gasteiger partial charge in [-0.15, -0.1) is 0 Å². The molecule has 0 saturated carbocycles. The highest BCUT2D eigenvalue weighted by molar-refractivity contribution is 7.15. The van der Waals surface area contributed by atoms with Crippen molar-refractivity contribution in [3.05, 3.63) is 10.6 Å². The van der Waals surface area contributed by atoms with E-state index in [1.165, 1.54) is 0 Å². The third-order valence-corrected chi connectivity index (χ3v) is 4.24. The van der Waals surface area contributed by atoms with Crippen molar-refractivity contribution in [1.29, 1.82) is 0 Å². The molecule has 0 radical (unpaired) electrons. The average molecular weight is 256 g/mol. The van der Waals surface area contributed by atoms with E-state index in [1.54, 1.807) is 11.3 Å². The Kier molecular flexibility index (Phi) is 5.40. The third-order valence-electron chi connectivity index (χ3n) is 3.15. The molecular weight excluding hydrogens is 232 g/mol. The highest BCUT2D eigenvalue weighted by Crippen LogP contribution is 2.32. The fourth-order valence-electron chi connectivity index (χ4n) is 1.89. The summed E-state index contributed by atoms with van der Waals surface area (Å²) in [6.45, 7) is 11.9. The molecule has 1 atom stereocenters. The lowest BCUT2D eigenvalue weighted by atomic mass is 10.0. The first-order chi connectivity index (χ1) is 8.04. The van der Waals surface area contributed by atoms with Crippen LogP contribution in [0.3, 0.4) is 0 Å². The van der Waals surface area contributed by atoms with Gasteiger partial charge in [0.25, 0.3) is 0 Å². The Morgan fingerprint density at radius 2 is 1.94 bits per heavy atom. The van der Waals surface area contributed by atoms with Gasteiger partial charge >= 0.3 is 0 Å². The number of hydrogen-bond acceptors (Lipinski definition) is 4. The number of nitrogens with zero attached hydrogens (tertiary/aromatic N) is 2. The van der Waals surface area contributed by atoms with Crippen molar-refractivity contribution in [2.45, 2.75) is 59.6 Å². The van der Waals surface area contributed by atoms with E-state index in [4.69, 9.17) is 4.98 Å². The predicted octanol–water partition coefficient (Wildman–Crippen LogP) is 3.38. The first kappa shape index (κ1) is 14.5. The molecule has 0 bridgehead atoms. The molecule has 98 valence electrons. The van der Waals surface area contributed by atoms with Crippen molar-refractivity contribution in [2.75, 3.05) is 11.4 Å². The highest BCUT2D eigenvalue weighted by Gasteiger charge is 2.19. The van der Waals surface area contributed by atoms with E-state index >= 15 is 0 Å². The van der Waals surface area contributed by atoms with Crippen molar-refractivity contribution in [2.24, 2.45) is 0 Å². The molecule has 0 aliphatic heterocycles. The summed E-state index contributed by atoms with van der Waals surface area (Å²) >= 11 is 1.63. The van der Waals surface area contributed by atoms with E-state index in [2.05, 4.69) is 39.5 Å². The number of anilines is 1. The number of thiazole rings is 1. The molecule has 17 heavy (non-hydrogen) atoms. The molecule has 3 nitrogen and oxygen atoms in total. The average Bonchev–Trinajstić information content (AvgIpc) is 2.72. The number of aromatic nitrogens is 1. The molecule has 1 rings (SSSR count). The Hall–Kier alpha value is -0.610. The molecule has 1 unspecified atom stereocenters. The Labute approximate surface area is 108 Å². The minimum Gasteiger partial charge on any atom is -0.391 e. The summed E-state index contributed by atoms with van der Waals surface area (Å²) < 4.78 is 0. The molecule has 1 N–H and O–H groups in total. The van der Waals surface area contributed by atoms with Gasteiger partial charge in [0.1, 0.15) is 0 Å². The van der Waals surface area contributed by atoms with Crippen LogP contribution < -0.4 is 4.90 Å². The lowest BCUT2D eigenvalue weighted by Gasteiger charge is -2.24. The standard InChI is InChI=1S/C13H24N2OS/c1-6-10(5)12-11(8-16)17-13(14-12)15(7-2)9(3)4/h9-10,16H,6-8H2,1-5H3. The zero-order valence-electron chi connectivity index (χ0n) is 11.5. The summed E-state index contributed by atoms with van der Waals surface area (Å²) in [6.07, 6.45) is 1.06.